The number of aryl methyl sites for hydroxylation is 2. The van der Waals surface area contributed by atoms with E-state index in [4.69, 9.17) is 9.15 Å². The van der Waals surface area contributed by atoms with Crippen molar-refractivity contribution in [3.63, 3.8) is 0 Å². The maximum atomic E-state index is 12.7. The van der Waals surface area contributed by atoms with Gasteiger partial charge in [0.1, 0.15) is 11.5 Å². The highest BCUT2D eigenvalue weighted by atomic mass is 79.9. The maximum absolute atomic E-state index is 12.7. The molecule has 1 amide bonds. The average Bonchev–Trinajstić information content (AvgIpc) is 3.24. The zero-order valence-electron chi connectivity index (χ0n) is 14.5. The van der Waals surface area contributed by atoms with Gasteiger partial charge in [0.25, 0.3) is 5.91 Å². The predicted molar refractivity (Wildman–Crippen MR) is 100 cm³/mol. The maximum Gasteiger partial charge on any atom is 0.287 e. The number of fused-ring (bicyclic) bond motifs is 3. The van der Waals surface area contributed by atoms with Gasteiger partial charge in [0.15, 0.2) is 5.76 Å². The van der Waals surface area contributed by atoms with E-state index in [-0.39, 0.29) is 5.91 Å². The van der Waals surface area contributed by atoms with Crippen molar-refractivity contribution in [1.29, 1.82) is 0 Å². The third-order valence-electron chi connectivity index (χ3n) is 4.70. The average molecular weight is 416 g/mol. The summed E-state index contributed by atoms with van der Waals surface area (Å²) in [5, 5.41) is 10.1. The van der Waals surface area contributed by atoms with Crippen molar-refractivity contribution in [2.24, 2.45) is 0 Å². The van der Waals surface area contributed by atoms with Crippen LogP contribution in [0, 0.1) is 6.92 Å². The summed E-state index contributed by atoms with van der Waals surface area (Å²) >= 11 is 3.44. The van der Waals surface area contributed by atoms with Gasteiger partial charge in [0.2, 0.25) is 0 Å². The van der Waals surface area contributed by atoms with Crippen LogP contribution in [-0.4, -0.2) is 23.2 Å². The lowest BCUT2D eigenvalue weighted by molar-refractivity contribution is 0.0920. The first kappa shape index (κ1) is 16.9. The molecule has 0 fully saturated rings. The SMILES string of the molecule is COc1ccc(Br)cc1CNC(=O)c1oc2c(c1C)-c1[nH]ncc1CC2. The third kappa shape index (κ3) is 2.82. The molecule has 26 heavy (non-hydrogen) atoms. The highest BCUT2D eigenvalue weighted by molar-refractivity contribution is 9.10. The summed E-state index contributed by atoms with van der Waals surface area (Å²) in [6, 6.07) is 5.69. The summed E-state index contributed by atoms with van der Waals surface area (Å²) in [7, 11) is 1.61. The minimum atomic E-state index is -0.236. The number of H-pyrrole nitrogens is 1. The van der Waals surface area contributed by atoms with Gasteiger partial charge in [-0.3, -0.25) is 9.89 Å². The van der Waals surface area contributed by atoms with Crippen molar-refractivity contribution < 1.29 is 13.9 Å². The Hall–Kier alpha value is -2.54. The molecule has 2 N–H and O–H groups in total. The Balaban J connectivity index is 1.58. The van der Waals surface area contributed by atoms with Crippen LogP contribution in [-0.2, 0) is 19.4 Å². The van der Waals surface area contributed by atoms with Crippen LogP contribution in [0.4, 0.5) is 0 Å². The van der Waals surface area contributed by atoms with Crippen LogP contribution in [0.5, 0.6) is 5.75 Å². The zero-order chi connectivity index (χ0) is 18.3. The van der Waals surface area contributed by atoms with Crippen LogP contribution in [0.2, 0.25) is 0 Å². The number of methoxy groups -OCH3 is 1. The Morgan fingerprint density at radius 2 is 2.27 bits per heavy atom. The summed E-state index contributed by atoms with van der Waals surface area (Å²) in [6.07, 6.45) is 3.47. The number of amides is 1. The molecule has 2 heterocycles. The fraction of sp³-hybridized carbons (Fsp3) is 0.263. The molecular weight excluding hydrogens is 398 g/mol. The van der Waals surface area contributed by atoms with Gasteiger partial charge >= 0.3 is 0 Å². The highest BCUT2D eigenvalue weighted by Crippen LogP contribution is 2.37. The van der Waals surface area contributed by atoms with Crippen molar-refractivity contribution >= 4 is 21.8 Å². The molecule has 1 aromatic carbocycles. The molecule has 0 unspecified atom stereocenters. The van der Waals surface area contributed by atoms with Crippen LogP contribution in [0.3, 0.4) is 0 Å². The molecule has 1 aliphatic rings. The molecule has 3 aromatic rings. The Kier molecular flexibility index (Phi) is 4.32. The number of nitrogens with one attached hydrogen (secondary N) is 2. The van der Waals surface area contributed by atoms with E-state index < -0.39 is 0 Å². The normalized spacial score (nSPS) is 12.4. The standard InChI is InChI=1S/C19H18BrN3O3/c1-10-16-15(5-3-11-9-22-23-17(11)16)26-18(10)19(24)21-8-12-7-13(20)4-6-14(12)25-2/h4,6-7,9H,3,5,8H2,1-2H3,(H,21,24)(H,22,23). The van der Waals surface area contributed by atoms with Gasteiger partial charge in [0.05, 0.1) is 19.0 Å². The first-order chi connectivity index (χ1) is 12.6. The predicted octanol–water partition coefficient (Wildman–Crippen LogP) is 3.78. The molecule has 2 aromatic heterocycles. The molecule has 0 atom stereocenters. The summed E-state index contributed by atoms with van der Waals surface area (Å²) in [5.74, 6) is 1.68. The number of halogens is 1. The van der Waals surface area contributed by atoms with Crippen LogP contribution in [0.25, 0.3) is 11.3 Å². The largest absolute Gasteiger partial charge is 0.496 e. The van der Waals surface area contributed by atoms with Gasteiger partial charge in [-0.1, -0.05) is 15.9 Å². The van der Waals surface area contributed by atoms with E-state index in [2.05, 4.69) is 31.4 Å². The molecule has 0 saturated carbocycles. The topological polar surface area (TPSA) is 80.1 Å². The fourth-order valence-electron chi connectivity index (χ4n) is 3.40. The van der Waals surface area contributed by atoms with E-state index >= 15 is 0 Å². The fourth-order valence-corrected chi connectivity index (χ4v) is 3.81. The van der Waals surface area contributed by atoms with E-state index in [1.54, 1.807) is 7.11 Å². The Labute approximate surface area is 159 Å². The van der Waals surface area contributed by atoms with Gasteiger partial charge in [-0.2, -0.15) is 5.10 Å². The van der Waals surface area contributed by atoms with Crippen LogP contribution in [0.15, 0.2) is 33.3 Å². The lowest BCUT2D eigenvalue weighted by Gasteiger charge is -2.10. The second kappa shape index (κ2) is 6.64. The van der Waals surface area contributed by atoms with Crippen molar-refractivity contribution in [3.05, 3.63) is 57.1 Å². The number of nitrogens with zero attached hydrogens (tertiary/aromatic N) is 1. The number of rotatable bonds is 4. The number of hydrogen-bond acceptors (Lipinski definition) is 4. The van der Waals surface area contributed by atoms with Crippen molar-refractivity contribution in [2.75, 3.05) is 7.11 Å². The van der Waals surface area contributed by atoms with Crippen molar-refractivity contribution in [3.8, 4) is 17.0 Å². The lowest BCUT2D eigenvalue weighted by atomic mass is 9.93. The molecule has 6 nitrogen and oxygen atoms in total. The number of carbonyl (C=O) groups is 1. The third-order valence-corrected chi connectivity index (χ3v) is 5.19. The monoisotopic (exact) mass is 415 g/mol. The minimum Gasteiger partial charge on any atom is -0.496 e. The number of carbonyl (C=O) groups excluding carboxylic acids is 1. The van der Waals surface area contributed by atoms with Crippen LogP contribution in [0.1, 0.15) is 33.0 Å². The first-order valence-electron chi connectivity index (χ1n) is 8.34. The quantitative estimate of drug-likeness (QED) is 0.679. The molecule has 0 bridgehead atoms. The number of aromatic nitrogens is 2. The number of aromatic amines is 1. The number of furan rings is 1. The van der Waals surface area contributed by atoms with Crippen molar-refractivity contribution in [1.82, 2.24) is 15.5 Å². The lowest BCUT2D eigenvalue weighted by Crippen LogP contribution is -2.23. The molecule has 4 rings (SSSR count). The summed E-state index contributed by atoms with van der Waals surface area (Å²) in [6.45, 7) is 2.26. The van der Waals surface area contributed by atoms with Gasteiger partial charge in [-0.15, -0.1) is 0 Å². The highest BCUT2D eigenvalue weighted by Gasteiger charge is 2.28. The van der Waals surface area contributed by atoms with Gasteiger partial charge in [0, 0.05) is 34.1 Å². The van der Waals surface area contributed by atoms with Gasteiger partial charge in [-0.05, 0) is 37.1 Å². The van der Waals surface area contributed by atoms with Crippen LogP contribution < -0.4 is 10.1 Å². The Bertz CT molecular complexity index is 990. The van der Waals surface area contributed by atoms with E-state index in [9.17, 15) is 4.79 Å². The molecular formula is C19H18BrN3O3. The van der Waals surface area contributed by atoms with Crippen molar-refractivity contribution in [2.45, 2.75) is 26.3 Å². The van der Waals surface area contributed by atoms with E-state index in [1.807, 2.05) is 31.3 Å². The Morgan fingerprint density at radius 1 is 1.42 bits per heavy atom. The Morgan fingerprint density at radius 3 is 3.08 bits per heavy atom. The second-order valence-corrected chi connectivity index (χ2v) is 7.18. The molecule has 0 spiro atoms. The zero-order valence-corrected chi connectivity index (χ0v) is 16.1. The molecule has 134 valence electrons. The molecule has 0 aliphatic heterocycles. The second-order valence-electron chi connectivity index (χ2n) is 6.26. The summed E-state index contributed by atoms with van der Waals surface area (Å²) in [5.41, 5.74) is 4.81. The molecule has 7 heteroatoms. The van der Waals surface area contributed by atoms with Gasteiger partial charge in [-0.25, -0.2) is 0 Å². The number of ether oxygens (including phenoxy) is 1. The number of hydrogen-bond donors (Lipinski definition) is 2. The minimum absolute atomic E-state index is 0.236. The molecule has 0 saturated heterocycles. The van der Waals surface area contributed by atoms with E-state index in [0.717, 1.165) is 56.8 Å². The first-order valence-corrected chi connectivity index (χ1v) is 9.13. The molecule has 1 aliphatic carbocycles. The number of benzene rings is 1. The van der Waals surface area contributed by atoms with E-state index in [0.29, 0.717) is 12.3 Å². The molecule has 0 radical (unpaired) electrons. The summed E-state index contributed by atoms with van der Waals surface area (Å²) in [4.78, 5) is 12.7. The van der Waals surface area contributed by atoms with E-state index in [1.165, 1.54) is 0 Å². The van der Waals surface area contributed by atoms with Gasteiger partial charge < -0.3 is 14.5 Å². The smallest absolute Gasteiger partial charge is 0.287 e. The van der Waals surface area contributed by atoms with Crippen LogP contribution >= 0.6 is 15.9 Å². The summed E-state index contributed by atoms with van der Waals surface area (Å²) < 4.78 is 12.2.